The summed E-state index contributed by atoms with van der Waals surface area (Å²) in [6.07, 6.45) is 1.90. The summed E-state index contributed by atoms with van der Waals surface area (Å²) in [6, 6.07) is 0.559. The lowest BCUT2D eigenvalue weighted by atomic mass is 10.0. The molecule has 64 valence electrons. The maximum atomic E-state index is 5.49. The fourth-order valence-electron chi connectivity index (χ4n) is 1.75. The van der Waals surface area contributed by atoms with Crippen molar-refractivity contribution in [1.82, 2.24) is 4.90 Å². The standard InChI is InChI=1S/C8H15NO2/c1-5-4-6(9(2)3)7-8(10-5)11-7/h5-8H,4H2,1-3H3. The Morgan fingerprint density at radius 2 is 2.00 bits per heavy atom. The minimum atomic E-state index is 0.103. The Kier molecular flexibility index (Phi) is 1.67. The van der Waals surface area contributed by atoms with E-state index in [0.717, 1.165) is 6.42 Å². The number of hydrogen-bond donors (Lipinski definition) is 0. The van der Waals surface area contributed by atoms with E-state index in [-0.39, 0.29) is 6.29 Å². The van der Waals surface area contributed by atoms with E-state index in [1.807, 2.05) is 0 Å². The van der Waals surface area contributed by atoms with Gasteiger partial charge >= 0.3 is 0 Å². The van der Waals surface area contributed by atoms with Crippen LogP contribution in [0.5, 0.6) is 0 Å². The Labute approximate surface area is 67.3 Å². The van der Waals surface area contributed by atoms with Crippen molar-refractivity contribution in [3.63, 3.8) is 0 Å². The highest BCUT2D eigenvalue weighted by Gasteiger charge is 2.51. The van der Waals surface area contributed by atoms with Gasteiger partial charge in [0, 0.05) is 6.04 Å². The Morgan fingerprint density at radius 3 is 2.64 bits per heavy atom. The van der Waals surface area contributed by atoms with Gasteiger partial charge in [0.05, 0.1) is 6.10 Å². The first-order chi connectivity index (χ1) is 5.18. The van der Waals surface area contributed by atoms with Gasteiger partial charge in [0.25, 0.3) is 0 Å². The summed E-state index contributed by atoms with van der Waals surface area (Å²) < 4.78 is 10.8. The van der Waals surface area contributed by atoms with Gasteiger partial charge in [0.1, 0.15) is 6.10 Å². The van der Waals surface area contributed by atoms with Crippen molar-refractivity contribution in [3.8, 4) is 0 Å². The first kappa shape index (κ1) is 7.53. The van der Waals surface area contributed by atoms with Crippen LogP contribution in [0, 0.1) is 0 Å². The predicted octanol–water partition coefficient (Wildman–Crippen LogP) is 0.450. The SMILES string of the molecule is CC1CC(N(C)C)C2OC2O1. The van der Waals surface area contributed by atoms with E-state index < -0.39 is 0 Å². The largest absolute Gasteiger partial charge is 0.347 e. The molecule has 0 aromatic heterocycles. The van der Waals surface area contributed by atoms with Crippen molar-refractivity contribution in [3.05, 3.63) is 0 Å². The number of ether oxygens (including phenoxy) is 2. The average molecular weight is 157 g/mol. The van der Waals surface area contributed by atoms with Gasteiger partial charge in [-0.3, -0.25) is 0 Å². The lowest BCUT2D eigenvalue weighted by molar-refractivity contribution is -0.0243. The zero-order valence-electron chi connectivity index (χ0n) is 7.28. The number of hydrogen-bond acceptors (Lipinski definition) is 3. The summed E-state index contributed by atoms with van der Waals surface area (Å²) in [5.41, 5.74) is 0. The molecule has 2 rings (SSSR count). The lowest BCUT2D eigenvalue weighted by Gasteiger charge is -2.28. The molecular weight excluding hydrogens is 142 g/mol. The van der Waals surface area contributed by atoms with Crippen molar-refractivity contribution in [2.24, 2.45) is 0 Å². The van der Waals surface area contributed by atoms with Crippen LogP contribution < -0.4 is 0 Å². The third-order valence-electron chi connectivity index (χ3n) is 2.47. The molecule has 4 unspecified atom stereocenters. The molecule has 0 bridgehead atoms. The van der Waals surface area contributed by atoms with E-state index in [4.69, 9.17) is 9.47 Å². The summed E-state index contributed by atoms with van der Waals surface area (Å²) >= 11 is 0. The van der Waals surface area contributed by atoms with E-state index in [9.17, 15) is 0 Å². The molecule has 2 heterocycles. The van der Waals surface area contributed by atoms with Crippen LogP contribution in [0.4, 0.5) is 0 Å². The summed E-state index contributed by atoms with van der Waals surface area (Å²) in [6.45, 7) is 2.11. The predicted molar refractivity (Wildman–Crippen MR) is 41.3 cm³/mol. The van der Waals surface area contributed by atoms with Gasteiger partial charge in [0.2, 0.25) is 0 Å². The van der Waals surface area contributed by atoms with E-state index in [0.29, 0.717) is 18.2 Å². The minimum Gasteiger partial charge on any atom is -0.347 e. The van der Waals surface area contributed by atoms with Crippen LogP contribution in [-0.4, -0.2) is 43.5 Å². The highest BCUT2D eigenvalue weighted by Crippen LogP contribution is 2.36. The number of nitrogens with zero attached hydrogens (tertiary/aromatic N) is 1. The summed E-state index contributed by atoms with van der Waals surface area (Å²) in [5, 5.41) is 0. The third-order valence-corrected chi connectivity index (χ3v) is 2.47. The fourth-order valence-corrected chi connectivity index (χ4v) is 1.75. The summed E-state index contributed by atoms with van der Waals surface area (Å²) in [7, 11) is 4.20. The highest BCUT2D eigenvalue weighted by molar-refractivity contribution is 4.94. The van der Waals surface area contributed by atoms with Gasteiger partial charge in [-0.05, 0) is 27.4 Å². The van der Waals surface area contributed by atoms with E-state index in [2.05, 4.69) is 25.9 Å². The second-order valence-corrected chi connectivity index (χ2v) is 3.68. The molecule has 0 N–H and O–H groups in total. The van der Waals surface area contributed by atoms with Crippen molar-refractivity contribution >= 4 is 0 Å². The number of rotatable bonds is 1. The normalized spacial score (nSPS) is 49.1. The van der Waals surface area contributed by atoms with Crippen LogP contribution in [-0.2, 0) is 9.47 Å². The Balaban J connectivity index is 1.99. The van der Waals surface area contributed by atoms with E-state index in [1.54, 1.807) is 0 Å². The molecule has 0 aromatic carbocycles. The number of epoxide rings is 1. The smallest absolute Gasteiger partial charge is 0.186 e. The summed E-state index contributed by atoms with van der Waals surface area (Å²) in [4.78, 5) is 2.23. The van der Waals surface area contributed by atoms with Gasteiger partial charge in [-0.1, -0.05) is 0 Å². The Bertz CT molecular complexity index is 160. The first-order valence-electron chi connectivity index (χ1n) is 4.16. The van der Waals surface area contributed by atoms with Crippen LogP contribution in [0.3, 0.4) is 0 Å². The molecule has 2 aliphatic heterocycles. The Morgan fingerprint density at radius 1 is 1.27 bits per heavy atom. The van der Waals surface area contributed by atoms with E-state index in [1.165, 1.54) is 0 Å². The minimum absolute atomic E-state index is 0.103. The topological polar surface area (TPSA) is 25.0 Å². The van der Waals surface area contributed by atoms with Gasteiger partial charge in [-0.15, -0.1) is 0 Å². The molecular formula is C8H15NO2. The van der Waals surface area contributed by atoms with Crippen molar-refractivity contribution < 1.29 is 9.47 Å². The second kappa shape index (κ2) is 2.44. The summed E-state index contributed by atoms with van der Waals surface area (Å²) in [5.74, 6) is 0. The molecule has 11 heavy (non-hydrogen) atoms. The molecule has 3 heteroatoms. The van der Waals surface area contributed by atoms with Gasteiger partial charge in [-0.2, -0.15) is 0 Å². The Hall–Kier alpha value is -0.120. The zero-order chi connectivity index (χ0) is 8.01. The van der Waals surface area contributed by atoms with Gasteiger partial charge in [-0.25, -0.2) is 0 Å². The second-order valence-electron chi connectivity index (χ2n) is 3.68. The lowest BCUT2D eigenvalue weighted by Crippen LogP contribution is -2.41. The third kappa shape index (κ3) is 1.28. The molecule has 2 fully saturated rings. The number of likely N-dealkylation sites (N-methyl/N-ethyl adjacent to an activating group) is 1. The van der Waals surface area contributed by atoms with Gasteiger partial charge in [0.15, 0.2) is 6.29 Å². The average Bonchev–Trinajstić information content (AvgIpc) is 2.63. The van der Waals surface area contributed by atoms with Crippen molar-refractivity contribution in [1.29, 1.82) is 0 Å². The first-order valence-corrected chi connectivity index (χ1v) is 4.16. The molecule has 0 aromatic rings. The van der Waals surface area contributed by atoms with Crippen LogP contribution >= 0.6 is 0 Å². The monoisotopic (exact) mass is 157 g/mol. The highest BCUT2D eigenvalue weighted by atomic mass is 16.8. The van der Waals surface area contributed by atoms with Crippen LogP contribution in [0.25, 0.3) is 0 Å². The van der Waals surface area contributed by atoms with Crippen LogP contribution in [0.1, 0.15) is 13.3 Å². The van der Waals surface area contributed by atoms with Crippen LogP contribution in [0.15, 0.2) is 0 Å². The molecule has 0 amide bonds. The van der Waals surface area contributed by atoms with Crippen molar-refractivity contribution in [2.75, 3.05) is 14.1 Å². The maximum absolute atomic E-state index is 5.49. The molecule has 2 saturated heterocycles. The fraction of sp³-hybridized carbons (Fsp3) is 1.00. The molecule has 0 radical (unpaired) electrons. The van der Waals surface area contributed by atoms with E-state index >= 15 is 0 Å². The molecule has 0 saturated carbocycles. The molecule has 4 atom stereocenters. The molecule has 0 aliphatic carbocycles. The number of fused-ring (bicyclic) bond motifs is 1. The molecule has 0 spiro atoms. The zero-order valence-corrected chi connectivity index (χ0v) is 7.28. The molecule has 2 aliphatic rings. The quantitative estimate of drug-likeness (QED) is 0.517. The van der Waals surface area contributed by atoms with Crippen molar-refractivity contribution in [2.45, 2.75) is 37.9 Å². The molecule has 3 nitrogen and oxygen atoms in total. The van der Waals surface area contributed by atoms with Gasteiger partial charge < -0.3 is 14.4 Å². The maximum Gasteiger partial charge on any atom is 0.186 e. The van der Waals surface area contributed by atoms with Crippen LogP contribution in [0.2, 0.25) is 0 Å².